The van der Waals surface area contributed by atoms with E-state index in [0.717, 1.165) is 34.7 Å². The highest BCUT2D eigenvalue weighted by Gasteiger charge is 2.37. The van der Waals surface area contributed by atoms with Gasteiger partial charge < -0.3 is 15.2 Å². The standard InChI is InChI=1S/C24H21ClN2O3S/c1-30-21-11-14(9-10-19(21)28)22-16(12-26)24(27-18-7-4-8-20(29)23(18)22)31-13-15-5-2-3-6-17(15)25/h2-3,5-6,9-11,22,27-28H,4,7-8,13H2,1H3/t22-/m0/s1. The second kappa shape index (κ2) is 9.09. The molecule has 7 heteroatoms. The van der Waals surface area contributed by atoms with Crippen LogP contribution in [0.4, 0.5) is 0 Å². The molecule has 0 spiro atoms. The number of hydrogen-bond acceptors (Lipinski definition) is 6. The molecule has 1 aliphatic heterocycles. The maximum absolute atomic E-state index is 12.9. The fraction of sp³-hybridized carbons (Fsp3) is 0.250. The number of carbonyl (C=O) groups is 1. The van der Waals surface area contributed by atoms with Gasteiger partial charge in [-0.1, -0.05) is 35.9 Å². The Hall–Kier alpha value is -2.88. The summed E-state index contributed by atoms with van der Waals surface area (Å²) in [7, 11) is 1.48. The van der Waals surface area contributed by atoms with Gasteiger partial charge in [0.25, 0.3) is 0 Å². The average molecular weight is 453 g/mol. The molecular weight excluding hydrogens is 432 g/mol. The normalized spacial score (nSPS) is 18.4. The molecule has 2 aromatic rings. The number of allylic oxidation sites excluding steroid dienone is 3. The van der Waals surface area contributed by atoms with Crippen molar-refractivity contribution in [3.05, 3.63) is 80.5 Å². The summed E-state index contributed by atoms with van der Waals surface area (Å²) in [6, 6.07) is 14.9. The highest BCUT2D eigenvalue weighted by molar-refractivity contribution is 8.02. The first-order valence-corrected chi connectivity index (χ1v) is 11.3. The molecule has 0 fully saturated rings. The van der Waals surface area contributed by atoms with Crippen LogP contribution in [0.3, 0.4) is 0 Å². The van der Waals surface area contributed by atoms with Crippen molar-refractivity contribution < 1.29 is 14.6 Å². The minimum Gasteiger partial charge on any atom is -0.504 e. The van der Waals surface area contributed by atoms with Crippen LogP contribution in [0.2, 0.25) is 5.02 Å². The van der Waals surface area contributed by atoms with E-state index in [-0.39, 0.29) is 11.5 Å². The lowest BCUT2D eigenvalue weighted by molar-refractivity contribution is -0.116. The van der Waals surface area contributed by atoms with Gasteiger partial charge in [0.05, 0.1) is 29.7 Å². The molecular formula is C24H21ClN2O3S. The summed E-state index contributed by atoms with van der Waals surface area (Å²) in [4.78, 5) is 12.9. The number of ketones is 1. The fourth-order valence-electron chi connectivity index (χ4n) is 4.01. The van der Waals surface area contributed by atoms with Crippen molar-refractivity contribution >= 4 is 29.1 Å². The van der Waals surface area contributed by atoms with Crippen LogP contribution in [0, 0.1) is 11.3 Å². The van der Waals surface area contributed by atoms with E-state index in [9.17, 15) is 15.2 Å². The van der Waals surface area contributed by atoms with Crippen LogP contribution in [0.25, 0.3) is 0 Å². The number of aromatic hydroxyl groups is 1. The van der Waals surface area contributed by atoms with Crippen molar-refractivity contribution in [1.82, 2.24) is 5.32 Å². The smallest absolute Gasteiger partial charge is 0.161 e. The number of nitrogens with zero attached hydrogens (tertiary/aromatic N) is 1. The number of phenols is 1. The summed E-state index contributed by atoms with van der Waals surface area (Å²) in [6.07, 6.45) is 2.00. The molecule has 1 heterocycles. The Kier molecular flexibility index (Phi) is 6.26. The first kappa shape index (κ1) is 21.4. The number of nitrogens with one attached hydrogen (secondary N) is 1. The molecule has 0 amide bonds. The van der Waals surface area contributed by atoms with Gasteiger partial charge in [0, 0.05) is 28.5 Å². The Morgan fingerprint density at radius 1 is 1.29 bits per heavy atom. The number of dihydropyridines is 1. The third-order valence-corrected chi connectivity index (χ3v) is 6.96. The van der Waals surface area contributed by atoms with E-state index in [4.69, 9.17) is 16.3 Å². The monoisotopic (exact) mass is 452 g/mol. The molecule has 2 aliphatic rings. The molecule has 0 unspecified atom stereocenters. The van der Waals surface area contributed by atoms with E-state index in [1.807, 2.05) is 24.3 Å². The first-order valence-electron chi connectivity index (χ1n) is 9.94. The number of Topliss-reactive ketones (excluding diaryl/α,β-unsaturated/α-hetero) is 1. The molecule has 5 nitrogen and oxygen atoms in total. The molecule has 0 saturated heterocycles. The van der Waals surface area contributed by atoms with Crippen LogP contribution in [-0.2, 0) is 10.5 Å². The number of rotatable bonds is 5. The zero-order valence-electron chi connectivity index (χ0n) is 16.9. The summed E-state index contributed by atoms with van der Waals surface area (Å²) in [5.41, 5.74) is 3.71. The van der Waals surface area contributed by atoms with Gasteiger partial charge in [-0.3, -0.25) is 4.79 Å². The second-order valence-corrected chi connectivity index (χ2v) is 8.79. The van der Waals surface area contributed by atoms with Gasteiger partial charge in [-0.05, 0) is 42.2 Å². The van der Waals surface area contributed by atoms with Crippen molar-refractivity contribution in [3.63, 3.8) is 0 Å². The Labute approximate surface area is 190 Å². The molecule has 0 saturated carbocycles. The third-order valence-electron chi connectivity index (χ3n) is 5.53. The third kappa shape index (κ3) is 4.16. The van der Waals surface area contributed by atoms with Crippen LogP contribution in [0.15, 0.2) is 64.3 Å². The van der Waals surface area contributed by atoms with E-state index < -0.39 is 5.92 Å². The predicted molar refractivity (Wildman–Crippen MR) is 122 cm³/mol. The van der Waals surface area contributed by atoms with Gasteiger partial charge in [-0.15, -0.1) is 11.8 Å². The van der Waals surface area contributed by atoms with Gasteiger partial charge in [0.15, 0.2) is 17.3 Å². The van der Waals surface area contributed by atoms with Crippen LogP contribution >= 0.6 is 23.4 Å². The number of thioether (sulfide) groups is 1. The van der Waals surface area contributed by atoms with Crippen LogP contribution in [0.1, 0.15) is 36.3 Å². The summed E-state index contributed by atoms with van der Waals surface area (Å²) in [6.45, 7) is 0. The summed E-state index contributed by atoms with van der Waals surface area (Å²) in [5, 5.41) is 24.9. The Balaban J connectivity index is 1.78. The van der Waals surface area contributed by atoms with Gasteiger partial charge >= 0.3 is 0 Å². The first-order chi connectivity index (χ1) is 15.0. The SMILES string of the molecule is COc1cc([C@H]2C(C#N)=C(SCc3ccccc3Cl)NC3=C2C(=O)CCC3)ccc1O. The van der Waals surface area contributed by atoms with Crippen molar-refractivity contribution in [2.75, 3.05) is 7.11 Å². The molecule has 0 aromatic heterocycles. The van der Waals surface area contributed by atoms with Gasteiger partial charge in [-0.2, -0.15) is 5.26 Å². The molecule has 1 atom stereocenters. The van der Waals surface area contributed by atoms with E-state index in [1.165, 1.54) is 24.9 Å². The van der Waals surface area contributed by atoms with Gasteiger partial charge in [0.2, 0.25) is 0 Å². The lowest BCUT2D eigenvalue weighted by Gasteiger charge is -2.33. The molecule has 4 rings (SSSR count). The maximum atomic E-state index is 12.9. The Morgan fingerprint density at radius 3 is 2.84 bits per heavy atom. The Bertz CT molecular complexity index is 1150. The van der Waals surface area contributed by atoms with Crippen molar-refractivity contribution in [3.8, 4) is 17.6 Å². The number of methoxy groups -OCH3 is 1. The number of ether oxygens (including phenoxy) is 1. The molecule has 2 N–H and O–H groups in total. The molecule has 158 valence electrons. The van der Waals surface area contributed by atoms with Crippen molar-refractivity contribution in [2.24, 2.45) is 0 Å². The molecule has 0 bridgehead atoms. The maximum Gasteiger partial charge on any atom is 0.161 e. The minimum absolute atomic E-state index is 0.0140. The van der Waals surface area contributed by atoms with Crippen LogP contribution in [0.5, 0.6) is 11.5 Å². The van der Waals surface area contributed by atoms with E-state index in [2.05, 4.69) is 11.4 Å². The van der Waals surface area contributed by atoms with Crippen molar-refractivity contribution in [1.29, 1.82) is 5.26 Å². The lowest BCUT2D eigenvalue weighted by atomic mass is 9.77. The molecule has 0 radical (unpaired) electrons. The van der Waals surface area contributed by atoms with Crippen molar-refractivity contribution in [2.45, 2.75) is 30.9 Å². The van der Waals surface area contributed by atoms with Crippen LogP contribution in [-0.4, -0.2) is 18.0 Å². The predicted octanol–water partition coefficient (Wildman–Crippen LogP) is 5.42. The summed E-state index contributed by atoms with van der Waals surface area (Å²) < 4.78 is 5.27. The quantitative estimate of drug-likeness (QED) is 0.630. The lowest BCUT2D eigenvalue weighted by Crippen LogP contribution is -2.31. The number of phenolic OH excluding ortho intramolecular Hbond substituents is 1. The molecule has 31 heavy (non-hydrogen) atoms. The fourth-order valence-corrected chi connectivity index (χ4v) is 5.36. The number of nitriles is 1. The number of benzene rings is 2. The molecule has 1 aliphatic carbocycles. The number of hydrogen-bond donors (Lipinski definition) is 2. The van der Waals surface area contributed by atoms with Gasteiger partial charge in [-0.25, -0.2) is 0 Å². The van der Waals surface area contributed by atoms with Gasteiger partial charge in [0.1, 0.15) is 0 Å². The molecule has 2 aromatic carbocycles. The highest BCUT2D eigenvalue weighted by atomic mass is 35.5. The number of halogens is 1. The summed E-state index contributed by atoms with van der Waals surface area (Å²) >= 11 is 7.81. The Morgan fingerprint density at radius 2 is 2.10 bits per heavy atom. The second-order valence-electron chi connectivity index (χ2n) is 7.39. The van der Waals surface area contributed by atoms with E-state index >= 15 is 0 Å². The zero-order chi connectivity index (χ0) is 22.0. The summed E-state index contributed by atoms with van der Waals surface area (Å²) in [5.74, 6) is 0.463. The van der Waals surface area contributed by atoms with E-state index in [1.54, 1.807) is 12.1 Å². The zero-order valence-corrected chi connectivity index (χ0v) is 18.5. The minimum atomic E-state index is -0.503. The topological polar surface area (TPSA) is 82.3 Å². The highest BCUT2D eigenvalue weighted by Crippen LogP contribution is 2.46. The van der Waals surface area contributed by atoms with E-state index in [0.29, 0.717) is 34.1 Å². The number of carbonyl (C=O) groups excluding carboxylic acids is 1. The largest absolute Gasteiger partial charge is 0.504 e. The average Bonchev–Trinajstić information content (AvgIpc) is 2.78. The van der Waals surface area contributed by atoms with Crippen LogP contribution < -0.4 is 10.1 Å².